The molecule has 1 aromatic carbocycles. The van der Waals surface area contributed by atoms with Crippen LogP contribution in [0.15, 0.2) is 24.3 Å². The minimum absolute atomic E-state index is 0.158. The highest BCUT2D eigenvalue weighted by molar-refractivity contribution is 5.89. The van der Waals surface area contributed by atoms with Crippen molar-refractivity contribution in [1.82, 2.24) is 0 Å². The van der Waals surface area contributed by atoms with Crippen molar-refractivity contribution in [3.8, 4) is 5.75 Å². The number of carbonyl (C=O) groups is 1. The Labute approximate surface area is 128 Å². The lowest BCUT2D eigenvalue weighted by Crippen LogP contribution is -2.06. The van der Waals surface area contributed by atoms with Crippen LogP contribution in [0, 0.1) is 0 Å². The lowest BCUT2D eigenvalue weighted by molar-refractivity contribution is 0.0497. The number of esters is 1. The number of benzene rings is 1. The van der Waals surface area contributed by atoms with Gasteiger partial charge in [-0.1, -0.05) is 58.3 Å². The fraction of sp³-hybridized carbons (Fsp3) is 0.611. The van der Waals surface area contributed by atoms with E-state index in [1.165, 1.54) is 57.1 Å². The number of carbonyl (C=O) groups excluding carboxylic acids is 1. The predicted octanol–water partition coefficient (Wildman–Crippen LogP) is 5.08. The number of hydrogen-bond donors (Lipinski definition) is 1. The van der Waals surface area contributed by atoms with E-state index in [1.54, 1.807) is 12.1 Å². The van der Waals surface area contributed by atoms with Gasteiger partial charge in [-0.2, -0.15) is 0 Å². The summed E-state index contributed by atoms with van der Waals surface area (Å²) in [5.74, 6) is -0.153. The molecule has 0 radical (unpaired) electrons. The van der Waals surface area contributed by atoms with Crippen LogP contribution in [0.4, 0.5) is 0 Å². The normalized spacial score (nSPS) is 10.5. The zero-order chi connectivity index (χ0) is 15.3. The number of rotatable bonds is 11. The molecule has 0 unspecified atom stereocenters. The summed E-state index contributed by atoms with van der Waals surface area (Å²) < 4.78 is 5.21. The first-order valence-corrected chi connectivity index (χ1v) is 8.20. The van der Waals surface area contributed by atoms with Crippen LogP contribution < -0.4 is 0 Å². The Morgan fingerprint density at radius 2 is 1.43 bits per heavy atom. The molecule has 0 aliphatic carbocycles. The minimum atomic E-state index is -0.311. The van der Waals surface area contributed by atoms with Crippen LogP contribution in [0.1, 0.15) is 75.1 Å². The third kappa shape index (κ3) is 8.38. The van der Waals surface area contributed by atoms with E-state index in [9.17, 15) is 4.79 Å². The second kappa shape index (κ2) is 11.2. The van der Waals surface area contributed by atoms with E-state index in [0.29, 0.717) is 12.2 Å². The first kappa shape index (κ1) is 17.5. The molecule has 0 atom stereocenters. The average Bonchev–Trinajstić information content (AvgIpc) is 2.49. The molecule has 0 heterocycles. The maximum atomic E-state index is 11.7. The van der Waals surface area contributed by atoms with Gasteiger partial charge in [-0.25, -0.2) is 4.79 Å². The lowest BCUT2D eigenvalue weighted by atomic mass is 10.1. The molecule has 0 aliphatic rings. The summed E-state index contributed by atoms with van der Waals surface area (Å²) in [7, 11) is 0. The fourth-order valence-corrected chi connectivity index (χ4v) is 2.26. The number of phenolic OH excluding ortho intramolecular Hbond substituents is 1. The Morgan fingerprint density at radius 1 is 0.905 bits per heavy atom. The van der Waals surface area contributed by atoms with Gasteiger partial charge in [0.05, 0.1) is 12.2 Å². The van der Waals surface area contributed by atoms with Gasteiger partial charge in [0.1, 0.15) is 5.75 Å². The highest BCUT2D eigenvalue weighted by Crippen LogP contribution is 2.12. The van der Waals surface area contributed by atoms with E-state index in [-0.39, 0.29) is 11.7 Å². The fourth-order valence-electron chi connectivity index (χ4n) is 2.26. The van der Waals surface area contributed by atoms with Gasteiger partial charge < -0.3 is 9.84 Å². The van der Waals surface area contributed by atoms with E-state index in [2.05, 4.69) is 6.92 Å². The van der Waals surface area contributed by atoms with Crippen molar-refractivity contribution < 1.29 is 14.6 Å². The SMILES string of the molecule is CCCCCCCCCCCOC(=O)c1ccc(O)cc1. The lowest BCUT2D eigenvalue weighted by Gasteiger charge is -2.05. The largest absolute Gasteiger partial charge is 0.508 e. The van der Waals surface area contributed by atoms with Crippen molar-refractivity contribution in [3.05, 3.63) is 29.8 Å². The molecule has 21 heavy (non-hydrogen) atoms. The molecule has 0 saturated heterocycles. The predicted molar refractivity (Wildman–Crippen MR) is 85.6 cm³/mol. The van der Waals surface area contributed by atoms with E-state index >= 15 is 0 Å². The van der Waals surface area contributed by atoms with Crippen molar-refractivity contribution in [2.24, 2.45) is 0 Å². The molecule has 0 spiro atoms. The standard InChI is InChI=1S/C18H28O3/c1-2-3-4-5-6-7-8-9-10-15-21-18(20)16-11-13-17(19)14-12-16/h11-14,19H,2-10,15H2,1H3. The van der Waals surface area contributed by atoms with E-state index in [0.717, 1.165) is 12.8 Å². The van der Waals surface area contributed by atoms with Crippen LogP contribution in [-0.2, 0) is 4.74 Å². The summed E-state index contributed by atoms with van der Waals surface area (Å²) in [5.41, 5.74) is 0.490. The summed E-state index contributed by atoms with van der Waals surface area (Å²) in [4.78, 5) is 11.7. The molecule has 0 amide bonds. The topological polar surface area (TPSA) is 46.5 Å². The average molecular weight is 292 g/mol. The van der Waals surface area contributed by atoms with Crippen LogP contribution >= 0.6 is 0 Å². The van der Waals surface area contributed by atoms with Crippen LogP contribution in [0.3, 0.4) is 0 Å². The van der Waals surface area contributed by atoms with Gasteiger partial charge in [-0.15, -0.1) is 0 Å². The summed E-state index contributed by atoms with van der Waals surface area (Å²) in [5, 5.41) is 9.15. The molecule has 3 heteroatoms. The summed E-state index contributed by atoms with van der Waals surface area (Å²) >= 11 is 0. The van der Waals surface area contributed by atoms with Gasteiger partial charge in [0.25, 0.3) is 0 Å². The Bertz CT molecular complexity index is 384. The second-order valence-corrected chi connectivity index (χ2v) is 5.51. The van der Waals surface area contributed by atoms with Crippen LogP contribution in [-0.4, -0.2) is 17.7 Å². The van der Waals surface area contributed by atoms with Crippen molar-refractivity contribution in [1.29, 1.82) is 0 Å². The highest BCUT2D eigenvalue weighted by Gasteiger charge is 2.06. The minimum Gasteiger partial charge on any atom is -0.508 e. The van der Waals surface area contributed by atoms with E-state index in [4.69, 9.17) is 9.84 Å². The Morgan fingerprint density at radius 3 is 2.00 bits per heavy atom. The van der Waals surface area contributed by atoms with E-state index in [1.807, 2.05) is 0 Å². The summed E-state index contributed by atoms with van der Waals surface area (Å²) in [6.07, 6.45) is 11.3. The van der Waals surface area contributed by atoms with Gasteiger partial charge in [-0.3, -0.25) is 0 Å². The molecule has 118 valence electrons. The summed E-state index contributed by atoms with van der Waals surface area (Å²) in [6.45, 7) is 2.72. The van der Waals surface area contributed by atoms with Crippen molar-refractivity contribution in [3.63, 3.8) is 0 Å². The third-order valence-electron chi connectivity index (χ3n) is 3.58. The van der Waals surface area contributed by atoms with Gasteiger partial charge in [0, 0.05) is 0 Å². The van der Waals surface area contributed by atoms with Gasteiger partial charge >= 0.3 is 5.97 Å². The molecule has 1 N–H and O–H groups in total. The van der Waals surface area contributed by atoms with Crippen LogP contribution in [0.25, 0.3) is 0 Å². The van der Waals surface area contributed by atoms with Crippen molar-refractivity contribution in [2.45, 2.75) is 64.7 Å². The molecule has 0 aliphatic heterocycles. The van der Waals surface area contributed by atoms with Gasteiger partial charge in [0.2, 0.25) is 0 Å². The quantitative estimate of drug-likeness (QED) is 0.457. The Kier molecular flexibility index (Phi) is 9.34. The maximum absolute atomic E-state index is 11.7. The molecule has 1 rings (SSSR count). The van der Waals surface area contributed by atoms with Gasteiger partial charge in [0.15, 0.2) is 0 Å². The van der Waals surface area contributed by atoms with Crippen molar-refractivity contribution in [2.75, 3.05) is 6.61 Å². The monoisotopic (exact) mass is 292 g/mol. The first-order valence-electron chi connectivity index (χ1n) is 8.20. The third-order valence-corrected chi connectivity index (χ3v) is 3.58. The number of aromatic hydroxyl groups is 1. The zero-order valence-corrected chi connectivity index (χ0v) is 13.1. The molecule has 0 bridgehead atoms. The first-order chi connectivity index (χ1) is 10.2. The van der Waals surface area contributed by atoms with Crippen LogP contribution in [0.2, 0.25) is 0 Å². The molecule has 0 saturated carbocycles. The molecular formula is C18H28O3. The smallest absolute Gasteiger partial charge is 0.338 e. The molecule has 0 aromatic heterocycles. The number of hydrogen-bond acceptors (Lipinski definition) is 3. The van der Waals surface area contributed by atoms with E-state index < -0.39 is 0 Å². The maximum Gasteiger partial charge on any atom is 0.338 e. The van der Waals surface area contributed by atoms with Gasteiger partial charge in [-0.05, 0) is 30.7 Å². The molecule has 0 fully saturated rings. The number of unbranched alkanes of at least 4 members (excludes halogenated alkanes) is 8. The highest BCUT2D eigenvalue weighted by atomic mass is 16.5. The van der Waals surface area contributed by atoms with Crippen molar-refractivity contribution >= 4 is 5.97 Å². The zero-order valence-electron chi connectivity index (χ0n) is 13.1. The number of ether oxygens (including phenoxy) is 1. The molecule has 3 nitrogen and oxygen atoms in total. The number of phenols is 1. The molecular weight excluding hydrogens is 264 g/mol. The van der Waals surface area contributed by atoms with Crippen LogP contribution in [0.5, 0.6) is 5.75 Å². The molecule has 1 aromatic rings. The Balaban J connectivity index is 1.96. The Hall–Kier alpha value is -1.51. The second-order valence-electron chi connectivity index (χ2n) is 5.51. The summed E-state index contributed by atoms with van der Waals surface area (Å²) in [6, 6.07) is 6.15.